The van der Waals surface area contributed by atoms with Crippen LogP contribution in [0.25, 0.3) is 0 Å². The first-order valence-electron chi connectivity index (χ1n) is 9.12. The van der Waals surface area contributed by atoms with Crippen LogP contribution >= 0.6 is 0 Å². The SMILES string of the molecule is CCN1CCN(C(=O)CCNC(=O)c2cc(OC)c(OC)c(OC)c2)CC1. The minimum Gasteiger partial charge on any atom is -0.493 e. The van der Waals surface area contributed by atoms with E-state index in [2.05, 4.69) is 17.1 Å². The highest BCUT2D eigenvalue weighted by Crippen LogP contribution is 2.38. The zero-order valence-electron chi connectivity index (χ0n) is 16.5. The molecular formula is C19H29N3O5. The van der Waals surface area contributed by atoms with Crippen LogP contribution in [0.2, 0.25) is 0 Å². The molecule has 0 unspecified atom stereocenters. The van der Waals surface area contributed by atoms with Gasteiger partial charge in [0.25, 0.3) is 5.91 Å². The van der Waals surface area contributed by atoms with E-state index in [1.165, 1.54) is 21.3 Å². The van der Waals surface area contributed by atoms with Crippen LogP contribution in [0.4, 0.5) is 0 Å². The Balaban J connectivity index is 1.89. The highest BCUT2D eigenvalue weighted by atomic mass is 16.5. The highest BCUT2D eigenvalue weighted by molar-refractivity contribution is 5.95. The topological polar surface area (TPSA) is 80.3 Å². The molecule has 1 aliphatic heterocycles. The van der Waals surface area contributed by atoms with Gasteiger partial charge in [-0.2, -0.15) is 0 Å². The van der Waals surface area contributed by atoms with Crippen molar-refractivity contribution < 1.29 is 23.8 Å². The van der Waals surface area contributed by atoms with E-state index >= 15 is 0 Å². The first-order chi connectivity index (χ1) is 13.0. The third-order valence-electron chi connectivity index (χ3n) is 4.72. The van der Waals surface area contributed by atoms with Gasteiger partial charge in [0, 0.05) is 44.7 Å². The van der Waals surface area contributed by atoms with Crippen LogP contribution in [0.3, 0.4) is 0 Å². The Bertz CT molecular complexity index is 632. The van der Waals surface area contributed by atoms with Gasteiger partial charge < -0.3 is 29.3 Å². The summed E-state index contributed by atoms with van der Waals surface area (Å²) < 4.78 is 15.8. The Kier molecular flexibility index (Phi) is 7.72. The largest absolute Gasteiger partial charge is 0.493 e. The fourth-order valence-corrected chi connectivity index (χ4v) is 3.07. The molecule has 0 radical (unpaired) electrons. The number of carbonyl (C=O) groups excluding carboxylic acids is 2. The van der Waals surface area contributed by atoms with Crippen LogP contribution in [0, 0.1) is 0 Å². The van der Waals surface area contributed by atoms with Crippen LogP contribution in [-0.4, -0.2) is 82.2 Å². The quantitative estimate of drug-likeness (QED) is 0.726. The molecule has 1 N–H and O–H groups in total. The minimum absolute atomic E-state index is 0.0657. The van der Waals surface area contributed by atoms with E-state index < -0.39 is 0 Å². The first-order valence-corrected chi connectivity index (χ1v) is 9.12. The maximum absolute atomic E-state index is 12.4. The van der Waals surface area contributed by atoms with Crippen molar-refractivity contribution in [3.8, 4) is 17.2 Å². The van der Waals surface area contributed by atoms with Crippen LogP contribution < -0.4 is 19.5 Å². The molecule has 0 aromatic heterocycles. The van der Waals surface area contributed by atoms with Crippen molar-refractivity contribution in [3.63, 3.8) is 0 Å². The molecule has 1 heterocycles. The number of rotatable bonds is 8. The lowest BCUT2D eigenvalue weighted by molar-refractivity contribution is -0.132. The lowest BCUT2D eigenvalue weighted by atomic mass is 10.1. The molecule has 2 rings (SSSR count). The van der Waals surface area contributed by atoms with E-state index in [0.29, 0.717) is 22.8 Å². The molecule has 1 saturated heterocycles. The Morgan fingerprint density at radius 1 is 1.00 bits per heavy atom. The smallest absolute Gasteiger partial charge is 0.251 e. The van der Waals surface area contributed by atoms with Gasteiger partial charge in [0.05, 0.1) is 21.3 Å². The van der Waals surface area contributed by atoms with E-state index in [1.807, 2.05) is 4.90 Å². The zero-order chi connectivity index (χ0) is 19.8. The number of nitrogens with zero attached hydrogens (tertiary/aromatic N) is 2. The summed E-state index contributed by atoms with van der Waals surface area (Å²) in [6.07, 6.45) is 0.280. The molecule has 8 heteroatoms. The molecule has 1 aromatic carbocycles. The number of likely N-dealkylation sites (N-methyl/N-ethyl adjacent to an activating group) is 1. The number of nitrogens with one attached hydrogen (secondary N) is 1. The van der Waals surface area contributed by atoms with Crippen molar-refractivity contribution in [2.45, 2.75) is 13.3 Å². The molecular weight excluding hydrogens is 350 g/mol. The van der Waals surface area contributed by atoms with Gasteiger partial charge in [0.15, 0.2) is 11.5 Å². The number of amides is 2. The lowest BCUT2D eigenvalue weighted by Crippen LogP contribution is -2.49. The Labute approximate surface area is 160 Å². The predicted octanol–water partition coefficient (Wildman–Crippen LogP) is 0.996. The van der Waals surface area contributed by atoms with E-state index in [4.69, 9.17) is 14.2 Å². The van der Waals surface area contributed by atoms with Crippen LogP contribution in [0.1, 0.15) is 23.7 Å². The van der Waals surface area contributed by atoms with E-state index in [1.54, 1.807) is 12.1 Å². The molecule has 0 spiro atoms. The standard InChI is InChI=1S/C19H29N3O5/c1-5-21-8-10-22(11-9-21)17(23)6-7-20-19(24)14-12-15(25-2)18(27-4)16(13-14)26-3/h12-13H,5-11H2,1-4H3,(H,20,24). The maximum atomic E-state index is 12.4. The van der Waals surface area contributed by atoms with Crippen LogP contribution in [0.15, 0.2) is 12.1 Å². The minimum atomic E-state index is -0.294. The Morgan fingerprint density at radius 2 is 1.59 bits per heavy atom. The molecule has 1 aromatic rings. The van der Waals surface area contributed by atoms with Crippen molar-refractivity contribution in [3.05, 3.63) is 17.7 Å². The number of piperazine rings is 1. The van der Waals surface area contributed by atoms with Gasteiger partial charge in [0.1, 0.15) is 0 Å². The van der Waals surface area contributed by atoms with Crippen molar-refractivity contribution >= 4 is 11.8 Å². The fourth-order valence-electron chi connectivity index (χ4n) is 3.07. The predicted molar refractivity (Wildman–Crippen MR) is 102 cm³/mol. The normalized spacial score (nSPS) is 14.6. The number of methoxy groups -OCH3 is 3. The molecule has 0 atom stereocenters. The summed E-state index contributed by atoms with van der Waals surface area (Å²) >= 11 is 0. The van der Waals surface area contributed by atoms with Gasteiger partial charge in [0.2, 0.25) is 11.7 Å². The van der Waals surface area contributed by atoms with E-state index in [-0.39, 0.29) is 24.8 Å². The van der Waals surface area contributed by atoms with Crippen molar-refractivity contribution in [1.82, 2.24) is 15.1 Å². The third-order valence-corrected chi connectivity index (χ3v) is 4.72. The second-order valence-corrected chi connectivity index (χ2v) is 6.23. The van der Waals surface area contributed by atoms with Gasteiger partial charge in [-0.05, 0) is 18.7 Å². The van der Waals surface area contributed by atoms with Crippen LogP contribution in [0.5, 0.6) is 17.2 Å². The zero-order valence-corrected chi connectivity index (χ0v) is 16.5. The van der Waals surface area contributed by atoms with E-state index in [9.17, 15) is 9.59 Å². The number of hydrogen-bond donors (Lipinski definition) is 1. The molecule has 0 saturated carbocycles. The van der Waals surface area contributed by atoms with Gasteiger partial charge in [-0.15, -0.1) is 0 Å². The second-order valence-electron chi connectivity index (χ2n) is 6.23. The number of hydrogen-bond acceptors (Lipinski definition) is 6. The summed E-state index contributed by atoms with van der Waals surface area (Å²) in [4.78, 5) is 28.9. The van der Waals surface area contributed by atoms with E-state index in [0.717, 1.165) is 32.7 Å². The average Bonchev–Trinajstić information content (AvgIpc) is 2.72. The molecule has 0 aliphatic carbocycles. The monoisotopic (exact) mass is 379 g/mol. The first kappa shape index (κ1) is 20.8. The number of ether oxygens (including phenoxy) is 3. The van der Waals surface area contributed by atoms with Crippen molar-refractivity contribution in [2.75, 3.05) is 60.6 Å². The van der Waals surface area contributed by atoms with Gasteiger partial charge in [-0.1, -0.05) is 6.92 Å². The summed E-state index contributed by atoms with van der Waals surface area (Å²) in [5.74, 6) is 1.02. The molecule has 0 bridgehead atoms. The number of benzene rings is 1. The Morgan fingerprint density at radius 3 is 2.07 bits per heavy atom. The molecule has 8 nitrogen and oxygen atoms in total. The maximum Gasteiger partial charge on any atom is 0.251 e. The summed E-state index contributed by atoms with van der Waals surface area (Å²) in [5, 5.41) is 2.78. The van der Waals surface area contributed by atoms with Crippen molar-refractivity contribution in [1.29, 1.82) is 0 Å². The molecule has 2 amide bonds. The molecule has 1 aliphatic rings. The van der Waals surface area contributed by atoms with Crippen LogP contribution in [-0.2, 0) is 4.79 Å². The second kappa shape index (κ2) is 10.0. The summed E-state index contributed by atoms with van der Waals surface area (Å²) in [5.41, 5.74) is 0.383. The van der Waals surface area contributed by atoms with Gasteiger partial charge >= 0.3 is 0 Å². The molecule has 150 valence electrons. The van der Waals surface area contributed by atoms with Crippen molar-refractivity contribution in [2.24, 2.45) is 0 Å². The third kappa shape index (κ3) is 5.26. The number of carbonyl (C=O) groups is 2. The van der Waals surface area contributed by atoms with Gasteiger partial charge in [-0.25, -0.2) is 0 Å². The summed E-state index contributed by atoms with van der Waals surface area (Å²) in [7, 11) is 4.50. The fraction of sp³-hybridized carbons (Fsp3) is 0.579. The highest BCUT2D eigenvalue weighted by Gasteiger charge is 2.20. The summed E-state index contributed by atoms with van der Waals surface area (Å²) in [6, 6.07) is 3.17. The lowest BCUT2D eigenvalue weighted by Gasteiger charge is -2.34. The molecule has 27 heavy (non-hydrogen) atoms. The average molecular weight is 379 g/mol. The summed E-state index contributed by atoms with van der Waals surface area (Å²) in [6.45, 7) is 6.70. The molecule has 1 fully saturated rings. The Hall–Kier alpha value is -2.48. The van der Waals surface area contributed by atoms with Gasteiger partial charge in [-0.3, -0.25) is 9.59 Å².